The number of benzene rings is 1. The fourth-order valence-corrected chi connectivity index (χ4v) is 3.11. The van der Waals surface area contributed by atoms with E-state index < -0.39 is 10.0 Å². The van der Waals surface area contributed by atoms with Gasteiger partial charge in [-0.3, -0.25) is 0 Å². The van der Waals surface area contributed by atoms with Gasteiger partial charge < -0.3 is 4.74 Å². The second-order valence-electron chi connectivity index (χ2n) is 4.85. The first-order chi connectivity index (χ1) is 9.49. The van der Waals surface area contributed by atoms with Crippen molar-refractivity contribution in [3.63, 3.8) is 0 Å². The predicted molar refractivity (Wildman–Crippen MR) is 79.8 cm³/mol. The number of halogens is 2. The molecule has 1 aliphatic rings. The van der Waals surface area contributed by atoms with Crippen LogP contribution in [0.5, 0.6) is 0 Å². The van der Waals surface area contributed by atoms with Crippen molar-refractivity contribution < 1.29 is 13.2 Å². The number of rotatable bonds is 8. The molecule has 0 radical (unpaired) electrons. The van der Waals surface area contributed by atoms with Crippen LogP contribution in [0.15, 0.2) is 23.1 Å². The zero-order valence-electron chi connectivity index (χ0n) is 10.9. The van der Waals surface area contributed by atoms with Crippen molar-refractivity contribution >= 4 is 33.2 Å². The molecule has 2 rings (SSSR count). The molecule has 0 aliphatic heterocycles. The number of hydrogen-bond acceptors (Lipinski definition) is 3. The van der Waals surface area contributed by atoms with E-state index in [1.54, 1.807) is 0 Å². The normalized spacial score (nSPS) is 15.5. The summed E-state index contributed by atoms with van der Waals surface area (Å²) >= 11 is 11.6. The Morgan fingerprint density at radius 1 is 1.25 bits per heavy atom. The topological polar surface area (TPSA) is 55.4 Å². The Labute approximate surface area is 129 Å². The van der Waals surface area contributed by atoms with Crippen LogP contribution in [0.1, 0.15) is 19.3 Å². The highest BCUT2D eigenvalue weighted by Gasteiger charge is 2.21. The van der Waals surface area contributed by atoms with E-state index in [0.29, 0.717) is 24.6 Å². The largest absolute Gasteiger partial charge is 0.381 e. The lowest BCUT2D eigenvalue weighted by atomic mass is 10.4. The fourth-order valence-electron chi connectivity index (χ4n) is 1.64. The van der Waals surface area contributed by atoms with E-state index >= 15 is 0 Å². The molecule has 0 heterocycles. The third kappa shape index (κ3) is 4.90. The Bertz CT molecular complexity index is 559. The van der Waals surface area contributed by atoms with E-state index in [-0.39, 0.29) is 9.92 Å². The van der Waals surface area contributed by atoms with E-state index in [9.17, 15) is 8.42 Å². The van der Waals surface area contributed by atoms with Crippen molar-refractivity contribution in [1.29, 1.82) is 0 Å². The summed E-state index contributed by atoms with van der Waals surface area (Å²) < 4.78 is 31.9. The van der Waals surface area contributed by atoms with Crippen LogP contribution in [0.4, 0.5) is 0 Å². The van der Waals surface area contributed by atoms with Crippen molar-refractivity contribution in [3.05, 3.63) is 28.2 Å². The zero-order valence-corrected chi connectivity index (χ0v) is 13.3. The van der Waals surface area contributed by atoms with E-state index in [2.05, 4.69) is 4.72 Å². The molecule has 0 atom stereocenters. The molecule has 1 aliphatic carbocycles. The van der Waals surface area contributed by atoms with E-state index in [0.717, 1.165) is 12.5 Å². The first-order valence-electron chi connectivity index (χ1n) is 6.51. The molecule has 4 nitrogen and oxygen atoms in total. The summed E-state index contributed by atoms with van der Waals surface area (Å²) in [5.41, 5.74) is 0. The quantitative estimate of drug-likeness (QED) is 0.741. The van der Waals surface area contributed by atoms with Gasteiger partial charge in [0.15, 0.2) is 0 Å². The van der Waals surface area contributed by atoms with Crippen LogP contribution < -0.4 is 4.72 Å². The predicted octanol–water partition coefficient (Wildman–Crippen LogP) is 3.09. The van der Waals surface area contributed by atoms with Gasteiger partial charge in [-0.2, -0.15) is 0 Å². The lowest BCUT2D eigenvalue weighted by Crippen LogP contribution is -2.25. The maximum Gasteiger partial charge on any atom is 0.240 e. The summed E-state index contributed by atoms with van der Waals surface area (Å²) in [6.45, 7) is 1.70. The number of nitrogens with one attached hydrogen (secondary N) is 1. The summed E-state index contributed by atoms with van der Waals surface area (Å²) in [6.07, 6.45) is 3.15. The Morgan fingerprint density at radius 2 is 2.00 bits per heavy atom. The Hall–Kier alpha value is -0.330. The molecule has 0 aromatic heterocycles. The summed E-state index contributed by atoms with van der Waals surface area (Å²) in [5, 5.41) is 0.557. The van der Waals surface area contributed by atoms with Crippen LogP contribution in [0.2, 0.25) is 10.0 Å². The van der Waals surface area contributed by atoms with Crippen molar-refractivity contribution in [3.8, 4) is 0 Å². The summed E-state index contributed by atoms with van der Waals surface area (Å²) in [4.78, 5) is 0.116. The molecule has 1 aromatic rings. The van der Waals surface area contributed by atoms with Crippen LogP contribution in [0.3, 0.4) is 0 Å². The molecule has 1 aromatic carbocycles. The van der Waals surface area contributed by atoms with Crippen LogP contribution in [-0.4, -0.2) is 28.2 Å². The molecule has 7 heteroatoms. The van der Waals surface area contributed by atoms with Gasteiger partial charge in [0.05, 0.1) is 14.9 Å². The molecule has 20 heavy (non-hydrogen) atoms. The molecule has 1 saturated carbocycles. The molecule has 0 bridgehead atoms. The van der Waals surface area contributed by atoms with Gasteiger partial charge in [0.1, 0.15) is 0 Å². The third-order valence-electron chi connectivity index (χ3n) is 3.01. The number of hydrogen-bond donors (Lipinski definition) is 1. The summed E-state index contributed by atoms with van der Waals surface area (Å²) in [6, 6.07) is 4.24. The van der Waals surface area contributed by atoms with Gasteiger partial charge in [-0.1, -0.05) is 23.2 Å². The second-order valence-corrected chi connectivity index (χ2v) is 7.43. The SMILES string of the molecule is O=S(=O)(NCCCOCC1CC1)c1ccc(Cl)c(Cl)c1. The lowest BCUT2D eigenvalue weighted by Gasteiger charge is -2.08. The van der Waals surface area contributed by atoms with Gasteiger partial charge in [-0.15, -0.1) is 0 Å². The molecular weight excluding hydrogens is 321 g/mol. The van der Waals surface area contributed by atoms with E-state index in [4.69, 9.17) is 27.9 Å². The first kappa shape index (κ1) is 16.0. The standard InChI is InChI=1S/C13H17Cl2NO3S/c14-12-5-4-11(8-13(12)15)20(17,18)16-6-1-7-19-9-10-2-3-10/h4-5,8,10,16H,1-3,6-7,9H2. The van der Waals surface area contributed by atoms with Gasteiger partial charge in [0.2, 0.25) is 10.0 Å². The van der Waals surface area contributed by atoms with E-state index in [1.165, 1.54) is 31.0 Å². The van der Waals surface area contributed by atoms with Gasteiger partial charge in [0, 0.05) is 19.8 Å². The molecule has 1 fully saturated rings. The lowest BCUT2D eigenvalue weighted by molar-refractivity contribution is 0.123. The van der Waals surface area contributed by atoms with Gasteiger partial charge in [0.25, 0.3) is 0 Å². The van der Waals surface area contributed by atoms with Gasteiger partial charge >= 0.3 is 0 Å². The Morgan fingerprint density at radius 3 is 2.65 bits per heavy atom. The third-order valence-corrected chi connectivity index (χ3v) is 5.21. The maximum atomic E-state index is 12.0. The fraction of sp³-hybridized carbons (Fsp3) is 0.538. The molecular formula is C13H17Cl2NO3S. The maximum absolute atomic E-state index is 12.0. The van der Waals surface area contributed by atoms with Crippen LogP contribution in [0.25, 0.3) is 0 Å². The van der Waals surface area contributed by atoms with Crippen molar-refractivity contribution in [2.75, 3.05) is 19.8 Å². The minimum absolute atomic E-state index is 0.116. The van der Waals surface area contributed by atoms with Crippen molar-refractivity contribution in [2.45, 2.75) is 24.2 Å². The molecule has 0 amide bonds. The summed E-state index contributed by atoms with van der Waals surface area (Å²) in [7, 11) is -3.54. The second kappa shape index (κ2) is 7.09. The highest BCUT2D eigenvalue weighted by atomic mass is 35.5. The monoisotopic (exact) mass is 337 g/mol. The highest BCUT2D eigenvalue weighted by Crippen LogP contribution is 2.28. The zero-order chi connectivity index (χ0) is 14.6. The number of sulfonamides is 1. The van der Waals surface area contributed by atoms with Crippen molar-refractivity contribution in [2.24, 2.45) is 5.92 Å². The molecule has 0 saturated heterocycles. The van der Waals surface area contributed by atoms with Gasteiger partial charge in [-0.25, -0.2) is 13.1 Å². The van der Waals surface area contributed by atoms with Crippen molar-refractivity contribution in [1.82, 2.24) is 4.72 Å². The van der Waals surface area contributed by atoms with Crippen LogP contribution in [-0.2, 0) is 14.8 Å². The minimum Gasteiger partial charge on any atom is -0.381 e. The smallest absolute Gasteiger partial charge is 0.240 e. The molecule has 112 valence electrons. The number of ether oxygens (including phenoxy) is 1. The first-order valence-corrected chi connectivity index (χ1v) is 8.75. The average molecular weight is 338 g/mol. The van der Waals surface area contributed by atoms with E-state index in [1.807, 2.05) is 0 Å². The Kier molecular flexibility index (Phi) is 5.69. The van der Waals surface area contributed by atoms with Gasteiger partial charge in [-0.05, 0) is 43.4 Å². The molecule has 0 unspecified atom stereocenters. The van der Waals surface area contributed by atoms with Crippen LogP contribution >= 0.6 is 23.2 Å². The highest BCUT2D eigenvalue weighted by molar-refractivity contribution is 7.89. The minimum atomic E-state index is -3.54. The van der Waals surface area contributed by atoms with Crippen LogP contribution in [0, 0.1) is 5.92 Å². The molecule has 1 N–H and O–H groups in total. The molecule has 0 spiro atoms. The summed E-state index contributed by atoms with van der Waals surface area (Å²) in [5.74, 6) is 0.725. The average Bonchev–Trinajstić information content (AvgIpc) is 3.21. The Balaban J connectivity index is 1.76.